The average molecular weight is 287 g/mol. The maximum atomic E-state index is 10.0. The van der Waals surface area contributed by atoms with Crippen LogP contribution in [0, 0.1) is 6.92 Å². The predicted octanol–water partition coefficient (Wildman–Crippen LogP) is 3.69. The van der Waals surface area contributed by atoms with Crippen molar-refractivity contribution in [1.29, 1.82) is 0 Å². The number of halogens is 1. The lowest BCUT2D eigenvalue weighted by Crippen LogP contribution is -2.00. The molecule has 2 rings (SSSR count). The van der Waals surface area contributed by atoms with Crippen molar-refractivity contribution in [2.75, 3.05) is 0 Å². The quantitative estimate of drug-likeness (QED) is 0.934. The van der Waals surface area contributed by atoms with Crippen molar-refractivity contribution >= 4 is 27.3 Å². The number of rotatable bonds is 3. The van der Waals surface area contributed by atoms with Crippen molar-refractivity contribution in [2.24, 2.45) is 0 Å². The monoisotopic (exact) mass is 286 g/mol. The summed E-state index contributed by atoms with van der Waals surface area (Å²) in [5.41, 5.74) is 0.871. The van der Waals surface area contributed by atoms with Gasteiger partial charge in [0, 0.05) is 21.3 Å². The number of furan rings is 1. The second kappa shape index (κ2) is 4.51. The second-order valence-corrected chi connectivity index (χ2v) is 5.20. The minimum atomic E-state index is -0.487. The SMILES string of the molecule is Cc1occc1C(O)Cc1sccc1Br. The average Bonchev–Trinajstić information content (AvgIpc) is 2.76. The van der Waals surface area contributed by atoms with Crippen LogP contribution in [0.25, 0.3) is 0 Å². The first-order chi connectivity index (χ1) is 7.18. The molecule has 0 radical (unpaired) electrons. The molecule has 1 atom stereocenters. The fourth-order valence-electron chi connectivity index (χ4n) is 1.50. The largest absolute Gasteiger partial charge is 0.469 e. The highest BCUT2D eigenvalue weighted by Crippen LogP contribution is 2.29. The number of aryl methyl sites for hydroxylation is 1. The summed E-state index contributed by atoms with van der Waals surface area (Å²) in [4.78, 5) is 1.16. The zero-order valence-electron chi connectivity index (χ0n) is 8.24. The third-order valence-corrected chi connectivity index (χ3v) is 4.28. The second-order valence-electron chi connectivity index (χ2n) is 3.34. The molecule has 2 nitrogen and oxygen atoms in total. The molecule has 0 bridgehead atoms. The molecular weight excluding hydrogens is 276 g/mol. The Morgan fingerprint density at radius 3 is 2.87 bits per heavy atom. The molecule has 0 aliphatic carbocycles. The summed E-state index contributed by atoms with van der Waals surface area (Å²) in [6, 6.07) is 3.82. The summed E-state index contributed by atoms with van der Waals surface area (Å²) in [6.07, 6.45) is 1.74. The fraction of sp³-hybridized carbons (Fsp3) is 0.273. The van der Waals surface area contributed by atoms with Gasteiger partial charge in [-0.05, 0) is 40.4 Å². The normalized spacial score (nSPS) is 13.0. The van der Waals surface area contributed by atoms with E-state index in [1.807, 2.05) is 24.4 Å². The smallest absolute Gasteiger partial charge is 0.106 e. The van der Waals surface area contributed by atoms with Gasteiger partial charge in [-0.2, -0.15) is 0 Å². The first-order valence-corrected chi connectivity index (χ1v) is 6.29. The molecule has 1 unspecified atom stereocenters. The van der Waals surface area contributed by atoms with Gasteiger partial charge in [-0.3, -0.25) is 0 Å². The van der Waals surface area contributed by atoms with Crippen LogP contribution in [0.2, 0.25) is 0 Å². The van der Waals surface area contributed by atoms with Crippen molar-refractivity contribution in [2.45, 2.75) is 19.4 Å². The van der Waals surface area contributed by atoms with Crippen LogP contribution in [0.3, 0.4) is 0 Å². The van der Waals surface area contributed by atoms with E-state index in [1.54, 1.807) is 17.6 Å². The highest BCUT2D eigenvalue weighted by atomic mass is 79.9. The molecule has 0 amide bonds. The van der Waals surface area contributed by atoms with Crippen molar-refractivity contribution in [3.05, 3.63) is 44.4 Å². The number of aliphatic hydroxyl groups is 1. The van der Waals surface area contributed by atoms with Crippen LogP contribution in [0.4, 0.5) is 0 Å². The zero-order chi connectivity index (χ0) is 10.8. The van der Waals surface area contributed by atoms with Crippen LogP contribution < -0.4 is 0 Å². The van der Waals surface area contributed by atoms with Crippen LogP contribution in [0.1, 0.15) is 22.3 Å². The van der Waals surface area contributed by atoms with Gasteiger partial charge < -0.3 is 9.52 Å². The number of hydrogen-bond acceptors (Lipinski definition) is 3. The van der Waals surface area contributed by atoms with Gasteiger partial charge in [0.25, 0.3) is 0 Å². The Kier molecular flexibility index (Phi) is 3.29. The van der Waals surface area contributed by atoms with Crippen molar-refractivity contribution < 1.29 is 9.52 Å². The van der Waals surface area contributed by atoms with Crippen LogP contribution >= 0.6 is 27.3 Å². The third kappa shape index (κ3) is 2.33. The molecule has 2 aromatic rings. The Bertz CT molecular complexity index is 447. The van der Waals surface area contributed by atoms with Crippen LogP contribution in [0.15, 0.2) is 32.7 Å². The van der Waals surface area contributed by atoms with Crippen LogP contribution in [-0.2, 0) is 6.42 Å². The lowest BCUT2D eigenvalue weighted by atomic mass is 10.1. The standard InChI is InChI=1S/C11H11BrO2S/c1-7-8(2-4-14-7)10(13)6-11-9(12)3-5-15-11/h2-5,10,13H,6H2,1H3. The minimum absolute atomic E-state index is 0.487. The number of hydrogen-bond donors (Lipinski definition) is 1. The van der Waals surface area contributed by atoms with Gasteiger partial charge in [-0.1, -0.05) is 0 Å². The molecular formula is C11H11BrO2S. The Balaban J connectivity index is 2.14. The number of aliphatic hydroxyl groups excluding tert-OH is 1. The van der Waals surface area contributed by atoms with Gasteiger partial charge in [0.1, 0.15) is 5.76 Å². The minimum Gasteiger partial charge on any atom is -0.469 e. The van der Waals surface area contributed by atoms with Gasteiger partial charge in [-0.25, -0.2) is 0 Å². The highest BCUT2D eigenvalue weighted by molar-refractivity contribution is 9.10. The molecule has 1 N–H and O–H groups in total. The van der Waals surface area contributed by atoms with Gasteiger partial charge in [-0.15, -0.1) is 11.3 Å². The van der Waals surface area contributed by atoms with Crippen molar-refractivity contribution in [3.8, 4) is 0 Å². The van der Waals surface area contributed by atoms with E-state index in [4.69, 9.17) is 4.42 Å². The van der Waals surface area contributed by atoms with E-state index in [0.29, 0.717) is 6.42 Å². The van der Waals surface area contributed by atoms with Crippen molar-refractivity contribution in [1.82, 2.24) is 0 Å². The van der Waals surface area contributed by atoms with E-state index in [9.17, 15) is 5.11 Å². The van der Waals surface area contributed by atoms with Gasteiger partial charge in [0.05, 0.1) is 12.4 Å². The van der Waals surface area contributed by atoms with Crippen molar-refractivity contribution in [3.63, 3.8) is 0 Å². The van der Waals surface area contributed by atoms with Crippen LogP contribution in [-0.4, -0.2) is 5.11 Å². The van der Waals surface area contributed by atoms with E-state index in [1.165, 1.54) is 0 Å². The summed E-state index contributed by atoms with van der Waals surface area (Å²) in [6.45, 7) is 1.86. The topological polar surface area (TPSA) is 33.4 Å². The molecule has 4 heteroatoms. The van der Waals surface area contributed by atoms with Gasteiger partial charge in [0.2, 0.25) is 0 Å². The molecule has 0 saturated carbocycles. The Hall–Kier alpha value is -0.580. The maximum absolute atomic E-state index is 10.0. The lowest BCUT2D eigenvalue weighted by Gasteiger charge is -2.08. The van der Waals surface area contributed by atoms with E-state index in [0.717, 1.165) is 20.7 Å². The van der Waals surface area contributed by atoms with E-state index < -0.39 is 6.10 Å². The Morgan fingerprint density at radius 1 is 1.53 bits per heavy atom. The summed E-state index contributed by atoms with van der Waals surface area (Å²) >= 11 is 5.10. The molecule has 15 heavy (non-hydrogen) atoms. The van der Waals surface area contributed by atoms with E-state index in [-0.39, 0.29) is 0 Å². The first kappa shape index (κ1) is 10.9. The first-order valence-electron chi connectivity index (χ1n) is 4.62. The maximum Gasteiger partial charge on any atom is 0.106 e. The van der Waals surface area contributed by atoms with Gasteiger partial charge in [0.15, 0.2) is 0 Å². The summed E-state index contributed by atoms with van der Waals surface area (Å²) < 4.78 is 6.23. The summed E-state index contributed by atoms with van der Waals surface area (Å²) in [5, 5.41) is 12.0. The Morgan fingerprint density at radius 2 is 2.33 bits per heavy atom. The Labute approximate surface area is 101 Å². The highest BCUT2D eigenvalue weighted by Gasteiger charge is 2.15. The molecule has 0 fully saturated rings. The molecule has 0 aliphatic heterocycles. The van der Waals surface area contributed by atoms with Crippen LogP contribution in [0.5, 0.6) is 0 Å². The molecule has 0 saturated heterocycles. The lowest BCUT2D eigenvalue weighted by molar-refractivity contribution is 0.177. The summed E-state index contributed by atoms with van der Waals surface area (Å²) in [7, 11) is 0. The fourth-order valence-corrected chi connectivity index (χ4v) is 3.05. The molecule has 80 valence electrons. The summed E-state index contributed by atoms with van der Waals surface area (Å²) in [5.74, 6) is 0.787. The van der Waals surface area contributed by atoms with Gasteiger partial charge >= 0.3 is 0 Å². The molecule has 0 aromatic carbocycles. The third-order valence-electron chi connectivity index (χ3n) is 2.33. The molecule has 2 heterocycles. The van der Waals surface area contributed by atoms with E-state index in [2.05, 4.69) is 15.9 Å². The molecule has 0 aliphatic rings. The molecule has 2 aromatic heterocycles. The zero-order valence-corrected chi connectivity index (χ0v) is 10.6. The number of thiophene rings is 1. The van der Waals surface area contributed by atoms with E-state index >= 15 is 0 Å². The molecule has 0 spiro atoms. The predicted molar refractivity (Wildman–Crippen MR) is 64.1 cm³/mol.